The molecule has 0 bridgehead atoms. The first-order valence-electron chi connectivity index (χ1n) is 3.60. The van der Waals surface area contributed by atoms with Crippen LogP contribution in [0, 0.1) is 0 Å². The number of unbranched alkanes of at least 4 members (excludes halogenated alkanes) is 2. The Morgan fingerprint density at radius 3 is 2.27 bits per heavy atom. The molecule has 0 rings (SSSR count). The van der Waals surface area contributed by atoms with Gasteiger partial charge in [0.2, 0.25) is 5.44 Å². The van der Waals surface area contributed by atoms with Gasteiger partial charge in [0, 0.05) is 0 Å². The lowest BCUT2D eigenvalue weighted by Gasteiger charge is -2.02. The minimum Gasteiger partial charge on any atom is -0.283 e. The van der Waals surface area contributed by atoms with E-state index in [1.165, 1.54) is 0 Å². The second-order valence-corrected chi connectivity index (χ2v) is 4.00. The Morgan fingerprint density at radius 1 is 1.36 bits per heavy atom. The summed E-state index contributed by atoms with van der Waals surface area (Å²) >= 11 is 0. The largest absolute Gasteiger partial charge is 0.295 e. The molecule has 0 aromatic rings. The first kappa shape index (κ1) is 10.9. The molecule has 4 nitrogen and oxygen atoms in total. The second kappa shape index (κ2) is 4.69. The Kier molecular flexibility index (Phi) is 4.63. The maximum Gasteiger partial charge on any atom is 0.295 e. The highest BCUT2D eigenvalue weighted by Gasteiger charge is 2.20. The third kappa shape index (κ3) is 5.17. The molecule has 1 radical (unpaired) electrons. The quantitative estimate of drug-likeness (QED) is 0.511. The molecule has 1 N–H and O–H groups in total. The van der Waals surface area contributed by atoms with Gasteiger partial charge in [-0.2, -0.15) is 8.42 Å². The molecular formula is C6H13O4S. The van der Waals surface area contributed by atoms with E-state index in [1.54, 1.807) is 0 Å². The van der Waals surface area contributed by atoms with E-state index in [9.17, 15) is 13.5 Å². The molecule has 0 saturated carbocycles. The van der Waals surface area contributed by atoms with E-state index in [2.05, 4.69) is 0 Å². The monoisotopic (exact) mass is 181 g/mol. The van der Waals surface area contributed by atoms with Gasteiger partial charge in [-0.05, 0) is 12.8 Å². The van der Waals surface area contributed by atoms with Gasteiger partial charge in [-0.25, -0.2) is 5.11 Å². The topological polar surface area (TPSA) is 74.3 Å². The van der Waals surface area contributed by atoms with Gasteiger partial charge in [0.05, 0.1) is 0 Å². The average molecular weight is 181 g/mol. The van der Waals surface area contributed by atoms with Gasteiger partial charge in [-0.3, -0.25) is 4.55 Å². The maximum absolute atomic E-state index is 10.6. The maximum atomic E-state index is 10.6. The Balaban J connectivity index is 3.62. The zero-order valence-electron chi connectivity index (χ0n) is 6.49. The lowest BCUT2D eigenvalue weighted by Crippen LogP contribution is -2.17. The Hall–Kier alpha value is -0.130. The van der Waals surface area contributed by atoms with E-state index in [-0.39, 0.29) is 6.42 Å². The highest BCUT2D eigenvalue weighted by atomic mass is 32.2. The van der Waals surface area contributed by atoms with E-state index in [1.807, 2.05) is 6.92 Å². The van der Waals surface area contributed by atoms with Crippen molar-refractivity contribution < 1.29 is 18.1 Å². The first-order chi connectivity index (χ1) is 4.98. The van der Waals surface area contributed by atoms with Crippen molar-refractivity contribution in [1.29, 1.82) is 0 Å². The lowest BCUT2D eigenvalue weighted by molar-refractivity contribution is 0.135. The molecule has 67 valence electrons. The second-order valence-electron chi connectivity index (χ2n) is 2.44. The van der Waals surface area contributed by atoms with Gasteiger partial charge >= 0.3 is 0 Å². The summed E-state index contributed by atoms with van der Waals surface area (Å²) in [5, 5.41) is 10.6. The van der Waals surface area contributed by atoms with Crippen molar-refractivity contribution in [1.82, 2.24) is 0 Å². The summed E-state index contributed by atoms with van der Waals surface area (Å²) in [6.45, 7) is 1.95. The summed E-state index contributed by atoms with van der Waals surface area (Å²) in [6.07, 6.45) is 2.32. The van der Waals surface area contributed by atoms with Gasteiger partial charge < -0.3 is 0 Å². The molecule has 0 amide bonds. The molecular weight excluding hydrogens is 168 g/mol. The van der Waals surface area contributed by atoms with Crippen molar-refractivity contribution in [3.63, 3.8) is 0 Å². The van der Waals surface area contributed by atoms with Gasteiger partial charge in [-0.1, -0.05) is 19.8 Å². The molecule has 0 aliphatic carbocycles. The fourth-order valence-electron chi connectivity index (χ4n) is 0.710. The normalized spacial score (nSPS) is 14.8. The average Bonchev–Trinajstić information content (AvgIpc) is 1.86. The van der Waals surface area contributed by atoms with Crippen molar-refractivity contribution >= 4 is 10.1 Å². The molecule has 11 heavy (non-hydrogen) atoms. The van der Waals surface area contributed by atoms with Gasteiger partial charge in [-0.15, -0.1) is 0 Å². The van der Waals surface area contributed by atoms with Crippen LogP contribution < -0.4 is 0 Å². The summed E-state index contributed by atoms with van der Waals surface area (Å²) in [6, 6.07) is 0. The van der Waals surface area contributed by atoms with Crippen LogP contribution in [0.1, 0.15) is 32.6 Å². The predicted molar refractivity (Wildman–Crippen MR) is 40.2 cm³/mol. The summed E-state index contributed by atoms with van der Waals surface area (Å²) in [7, 11) is -4.34. The van der Waals surface area contributed by atoms with Gasteiger partial charge in [0.25, 0.3) is 10.1 Å². The molecule has 0 heterocycles. The lowest BCUT2D eigenvalue weighted by atomic mass is 10.2. The van der Waals surface area contributed by atoms with Crippen LogP contribution in [-0.4, -0.2) is 18.4 Å². The summed E-state index contributed by atoms with van der Waals surface area (Å²) < 4.78 is 28.6. The van der Waals surface area contributed by atoms with Crippen LogP contribution in [0.15, 0.2) is 0 Å². The van der Waals surface area contributed by atoms with Crippen LogP contribution in [0.4, 0.5) is 0 Å². The smallest absolute Gasteiger partial charge is 0.283 e. The third-order valence-corrected chi connectivity index (χ3v) is 2.28. The fraction of sp³-hybridized carbons (Fsp3) is 1.00. The molecule has 0 aromatic heterocycles. The van der Waals surface area contributed by atoms with Gasteiger partial charge in [0.15, 0.2) is 0 Å². The molecule has 1 atom stereocenters. The van der Waals surface area contributed by atoms with Gasteiger partial charge in [0.1, 0.15) is 0 Å². The third-order valence-electron chi connectivity index (χ3n) is 1.38. The molecule has 5 heteroatoms. The van der Waals surface area contributed by atoms with E-state index in [0.29, 0.717) is 6.42 Å². The predicted octanol–water partition coefficient (Wildman–Crippen LogP) is 1.21. The SMILES string of the molecule is CCCCCC([O])S(=O)(=O)O. The molecule has 0 aliphatic rings. The number of hydrogen-bond acceptors (Lipinski definition) is 2. The highest BCUT2D eigenvalue weighted by molar-refractivity contribution is 7.86. The zero-order valence-corrected chi connectivity index (χ0v) is 7.30. The van der Waals surface area contributed by atoms with E-state index < -0.39 is 15.6 Å². The minimum atomic E-state index is -4.34. The van der Waals surface area contributed by atoms with E-state index in [4.69, 9.17) is 4.55 Å². The van der Waals surface area contributed by atoms with Crippen LogP contribution in [0.25, 0.3) is 0 Å². The van der Waals surface area contributed by atoms with Crippen molar-refractivity contribution in [3.05, 3.63) is 0 Å². The Labute approximate surface area is 67.0 Å². The van der Waals surface area contributed by atoms with Crippen molar-refractivity contribution in [3.8, 4) is 0 Å². The molecule has 0 aromatic carbocycles. The summed E-state index contributed by atoms with van der Waals surface area (Å²) in [5.74, 6) is 0. The fourth-order valence-corrected chi connectivity index (χ4v) is 1.17. The Bertz CT molecular complexity index is 185. The van der Waals surface area contributed by atoms with Crippen LogP contribution in [0.2, 0.25) is 0 Å². The minimum absolute atomic E-state index is 0.00662. The van der Waals surface area contributed by atoms with Crippen LogP contribution >= 0.6 is 0 Å². The molecule has 1 unspecified atom stereocenters. The number of rotatable bonds is 5. The molecule has 0 spiro atoms. The van der Waals surface area contributed by atoms with E-state index >= 15 is 0 Å². The van der Waals surface area contributed by atoms with Crippen LogP contribution in [-0.2, 0) is 15.2 Å². The van der Waals surface area contributed by atoms with Crippen molar-refractivity contribution in [2.75, 3.05) is 0 Å². The highest BCUT2D eigenvalue weighted by Crippen LogP contribution is 2.07. The molecule has 0 fully saturated rings. The Morgan fingerprint density at radius 2 is 1.91 bits per heavy atom. The summed E-state index contributed by atoms with van der Waals surface area (Å²) in [5.41, 5.74) is -1.85. The summed E-state index contributed by atoms with van der Waals surface area (Å²) in [4.78, 5) is 0. The van der Waals surface area contributed by atoms with E-state index in [0.717, 1.165) is 12.8 Å². The molecule has 0 aliphatic heterocycles. The standard InChI is InChI=1S/C6H13O4S/c1-2-3-4-5-6(7)11(8,9)10/h6H,2-5H2,1H3,(H,8,9,10). The van der Waals surface area contributed by atoms with Crippen molar-refractivity contribution in [2.24, 2.45) is 0 Å². The molecule has 0 saturated heterocycles. The zero-order chi connectivity index (χ0) is 8.91. The van der Waals surface area contributed by atoms with Crippen molar-refractivity contribution in [2.45, 2.75) is 38.0 Å². The number of hydrogen-bond donors (Lipinski definition) is 1. The first-order valence-corrected chi connectivity index (χ1v) is 5.11. The van der Waals surface area contributed by atoms with Crippen LogP contribution in [0.3, 0.4) is 0 Å². The van der Waals surface area contributed by atoms with Crippen LogP contribution in [0.5, 0.6) is 0 Å².